The smallest absolute Gasteiger partial charge is 0.229 e. The molecular formula is C15H28N2O. The van der Waals surface area contributed by atoms with Crippen molar-refractivity contribution in [2.75, 3.05) is 13.1 Å². The van der Waals surface area contributed by atoms with E-state index in [1.165, 1.54) is 44.9 Å². The maximum atomic E-state index is 12.6. The van der Waals surface area contributed by atoms with E-state index in [4.69, 9.17) is 5.73 Å². The number of rotatable bonds is 5. The molecule has 3 heteroatoms. The molecule has 2 aliphatic carbocycles. The van der Waals surface area contributed by atoms with E-state index in [-0.39, 0.29) is 5.91 Å². The van der Waals surface area contributed by atoms with Gasteiger partial charge >= 0.3 is 0 Å². The SMILES string of the molecule is CC(C)(CN)C(=O)N(CC1CCCCC1)C1CC1. The minimum atomic E-state index is -0.392. The molecule has 2 rings (SSSR count). The Morgan fingerprint density at radius 3 is 2.28 bits per heavy atom. The average molecular weight is 252 g/mol. The number of nitrogens with two attached hydrogens (primary N) is 1. The van der Waals surface area contributed by atoms with Crippen LogP contribution in [0.2, 0.25) is 0 Å². The van der Waals surface area contributed by atoms with Gasteiger partial charge < -0.3 is 10.6 Å². The van der Waals surface area contributed by atoms with Crippen LogP contribution in [0.5, 0.6) is 0 Å². The highest BCUT2D eigenvalue weighted by Crippen LogP contribution is 2.34. The lowest BCUT2D eigenvalue weighted by molar-refractivity contribution is -0.141. The lowest BCUT2D eigenvalue weighted by Crippen LogP contribution is -2.47. The fourth-order valence-electron chi connectivity index (χ4n) is 2.91. The molecule has 3 nitrogen and oxygen atoms in total. The summed E-state index contributed by atoms with van der Waals surface area (Å²) in [6, 6.07) is 0.519. The van der Waals surface area contributed by atoms with Gasteiger partial charge in [-0.05, 0) is 45.4 Å². The van der Waals surface area contributed by atoms with Crippen LogP contribution < -0.4 is 5.73 Å². The molecule has 0 radical (unpaired) electrons. The number of hydrogen-bond donors (Lipinski definition) is 1. The minimum Gasteiger partial charge on any atom is -0.339 e. The van der Waals surface area contributed by atoms with E-state index in [0.717, 1.165) is 12.5 Å². The van der Waals surface area contributed by atoms with Gasteiger partial charge in [0.05, 0.1) is 5.41 Å². The van der Waals surface area contributed by atoms with Crippen LogP contribution in [0.1, 0.15) is 58.8 Å². The van der Waals surface area contributed by atoms with Crippen molar-refractivity contribution in [1.82, 2.24) is 4.90 Å². The number of nitrogens with zero attached hydrogens (tertiary/aromatic N) is 1. The zero-order chi connectivity index (χ0) is 13.2. The van der Waals surface area contributed by atoms with Crippen LogP contribution in [0.3, 0.4) is 0 Å². The Hall–Kier alpha value is -0.570. The van der Waals surface area contributed by atoms with Crippen molar-refractivity contribution in [3.8, 4) is 0 Å². The summed E-state index contributed by atoms with van der Waals surface area (Å²) in [7, 11) is 0. The Labute approximate surface area is 111 Å². The third kappa shape index (κ3) is 3.25. The molecule has 2 N–H and O–H groups in total. The molecule has 0 aromatic rings. The summed E-state index contributed by atoms with van der Waals surface area (Å²) < 4.78 is 0. The molecule has 2 aliphatic rings. The molecule has 0 aromatic heterocycles. The van der Waals surface area contributed by atoms with Crippen LogP contribution in [-0.2, 0) is 4.79 Å². The second-order valence-corrected chi connectivity index (χ2v) is 6.78. The van der Waals surface area contributed by atoms with Gasteiger partial charge in [-0.3, -0.25) is 4.79 Å². The molecular weight excluding hydrogens is 224 g/mol. The first kappa shape index (κ1) is 13.9. The number of hydrogen-bond acceptors (Lipinski definition) is 2. The van der Waals surface area contributed by atoms with Crippen LogP contribution in [0.15, 0.2) is 0 Å². The number of amides is 1. The van der Waals surface area contributed by atoms with Gasteiger partial charge in [0, 0.05) is 19.1 Å². The molecule has 0 aliphatic heterocycles. The van der Waals surface area contributed by atoms with Gasteiger partial charge in [0.15, 0.2) is 0 Å². The lowest BCUT2D eigenvalue weighted by Gasteiger charge is -2.35. The Balaban J connectivity index is 1.97. The van der Waals surface area contributed by atoms with Gasteiger partial charge in [0.1, 0.15) is 0 Å². The van der Waals surface area contributed by atoms with Crippen molar-refractivity contribution in [2.24, 2.45) is 17.1 Å². The summed E-state index contributed by atoms with van der Waals surface area (Å²) in [5, 5.41) is 0. The van der Waals surface area contributed by atoms with Crippen molar-refractivity contribution < 1.29 is 4.79 Å². The highest BCUT2D eigenvalue weighted by Gasteiger charge is 2.39. The molecule has 0 atom stereocenters. The van der Waals surface area contributed by atoms with Gasteiger partial charge in [-0.2, -0.15) is 0 Å². The van der Waals surface area contributed by atoms with Crippen LogP contribution >= 0.6 is 0 Å². The molecule has 1 amide bonds. The molecule has 2 saturated carbocycles. The molecule has 0 bridgehead atoms. The molecule has 0 heterocycles. The van der Waals surface area contributed by atoms with E-state index >= 15 is 0 Å². The Morgan fingerprint density at radius 2 is 1.78 bits per heavy atom. The molecule has 104 valence electrons. The van der Waals surface area contributed by atoms with Crippen molar-refractivity contribution in [1.29, 1.82) is 0 Å². The first-order valence-electron chi connectivity index (χ1n) is 7.56. The van der Waals surface area contributed by atoms with Crippen molar-refractivity contribution >= 4 is 5.91 Å². The second-order valence-electron chi connectivity index (χ2n) is 6.78. The van der Waals surface area contributed by atoms with Gasteiger partial charge in [-0.25, -0.2) is 0 Å². The van der Waals surface area contributed by atoms with Gasteiger partial charge in [0.2, 0.25) is 5.91 Å². The quantitative estimate of drug-likeness (QED) is 0.817. The summed E-state index contributed by atoms with van der Waals surface area (Å²) >= 11 is 0. The summed E-state index contributed by atoms with van der Waals surface area (Å²) in [4.78, 5) is 14.8. The monoisotopic (exact) mass is 252 g/mol. The van der Waals surface area contributed by atoms with E-state index in [1.54, 1.807) is 0 Å². The van der Waals surface area contributed by atoms with E-state index in [9.17, 15) is 4.79 Å². The topological polar surface area (TPSA) is 46.3 Å². The van der Waals surface area contributed by atoms with Crippen molar-refractivity contribution in [2.45, 2.75) is 64.8 Å². The third-order valence-electron chi connectivity index (χ3n) is 4.52. The fourth-order valence-corrected chi connectivity index (χ4v) is 2.91. The summed E-state index contributed by atoms with van der Waals surface area (Å²) in [6.45, 7) is 5.38. The Morgan fingerprint density at radius 1 is 1.17 bits per heavy atom. The maximum absolute atomic E-state index is 12.6. The highest BCUT2D eigenvalue weighted by atomic mass is 16.2. The Bertz CT molecular complexity index is 291. The Kier molecular flexibility index (Phi) is 4.31. The molecule has 0 aromatic carbocycles. The van der Waals surface area contributed by atoms with E-state index in [0.29, 0.717) is 12.6 Å². The lowest BCUT2D eigenvalue weighted by atomic mass is 9.87. The van der Waals surface area contributed by atoms with E-state index in [1.807, 2.05) is 13.8 Å². The van der Waals surface area contributed by atoms with Crippen LogP contribution in [0, 0.1) is 11.3 Å². The largest absolute Gasteiger partial charge is 0.339 e. The highest BCUT2D eigenvalue weighted by molar-refractivity contribution is 5.82. The average Bonchev–Trinajstić information content (AvgIpc) is 3.20. The molecule has 0 unspecified atom stereocenters. The van der Waals surface area contributed by atoms with E-state index in [2.05, 4.69) is 4.90 Å². The van der Waals surface area contributed by atoms with Crippen LogP contribution in [0.25, 0.3) is 0 Å². The van der Waals surface area contributed by atoms with Gasteiger partial charge in [-0.1, -0.05) is 19.3 Å². The van der Waals surface area contributed by atoms with Crippen LogP contribution in [-0.4, -0.2) is 29.9 Å². The summed E-state index contributed by atoms with van der Waals surface area (Å²) in [5.41, 5.74) is 5.36. The standard InChI is InChI=1S/C15H28N2O/c1-15(2,11-16)14(18)17(13-8-9-13)10-12-6-4-3-5-7-12/h12-13H,3-11,16H2,1-2H3. The minimum absolute atomic E-state index is 0.276. The van der Waals surface area contributed by atoms with Crippen molar-refractivity contribution in [3.63, 3.8) is 0 Å². The van der Waals surface area contributed by atoms with Gasteiger partial charge in [0.25, 0.3) is 0 Å². The molecule has 0 saturated heterocycles. The third-order valence-corrected chi connectivity index (χ3v) is 4.52. The maximum Gasteiger partial charge on any atom is 0.229 e. The number of carbonyl (C=O) groups is 1. The molecule has 2 fully saturated rings. The van der Waals surface area contributed by atoms with Crippen molar-refractivity contribution in [3.05, 3.63) is 0 Å². The second kappa shape index (κ2) is 5.60. The first-order chi connectivity index (χ1) is 8.54. The molecule has 0 spiro atoms. The predicted octanol–water partition coefficient (Wildman–Crippen LogP) is 2.54. The summed E-state index contributed by atoms with van der Waals surface area (Å²) in [6.07, 6.45) is 9.06. The first-order valence-corrected chi connectivity index (χ1v) is 7.56. The summed E-state index contributed by atoms with van der Waals surface area (Å²) in [5.74, 6) is 1.01. The molecule has 18 heavy (non-hydrogen) atoms. The van der Waals surface area contributed by atoms with E-state index < -0.39 is 5.41 Å². The zero-order valence-electron chi connectivity index (χ0n) is 12.0. The normalized spacial score (nSPS) is 21.9. The van der Waals surface area contributed by atoms with Gasteiger partial charge in [-0.15, -0.1) is 0 Å². The predicted molar refractivity (Wildman–Crippen MR) is 74.1 cm³/mol. The number of carbonyl (C=O) groups excluding carboxylic acids is 1. The zero-order valence-corrected chi connectivity index (χ0v) is 12.0. The van der Waals surface area contributed by atoms with Crippen LogP contribution in [0.4, 0.5) is 0 Å². The fraction of sp³-hybridized carbons (Fsp3) is 0.933.